The molecule has 0 saturated heterocycles. The fourth-order valence-electron chi connectivity index (χ4n) is 3.23. The van der Waals surface area contributed by atoms with Gasteiger partial charge in [0, 0.05) is 10.9 Å². The highest BCUT2D eigenvalue weighted by atomic mass is 16.1. The largest absolute Gasteiger partial charge is 0.338 e. The van der Waals surface area contributed by atoms with Gasteiger partial charge in [0.2, 0.25) is 0 Å². The minimum atomic E-state index is -0.201. The Labute approximate surface area is 154 Å². The fraction of sp³-hybridized carbons (Fsp3) is 0. The van der Waals surface area contributed by atoms with Gasteiger partial charge >= 0.3 is 0 Å². The minimum Gasteiger partial charge on any atom is -0.338 e. The number of carbonyl (C=O) groups excluding carboxylic acids is 1. The average molecular weight is 353 g/mol. The van der Waals surface area contributed by atoms with Gasteiger partial charge in [-0.15, -0.1) is 0 Å². The molecule has 3 aromatic carbocycles. The number of nitrogens with one attached hydrogen (secondary N) is 3. The highest BCUT2D eigenvalue weighted by molar-refractivity contribution is 6.12. The molecule has 5 rings (SSSR count). The maximum atomic E-state index is 12.9. The molecule has 130 valence electrons. The molecule has 0 aliphatic heterocycles. The first-order valence-electron chi connectivity index (χ1n) is 8.57. The summed E-state index contributed by atoms with van der Waals surface area (Å²) in [6, 6.07) is 21.0. The van der Waals surface area contributed by atoms with Crippen molar-refractivity contribution in [1.29, 1.82) is 0 Å². The van der Waals surface area contributed by atoms with E-state index >= 15 is 0 Å². The zero-order valence-corrected chi connectivity index (χ0v) is 14.2. The number of aromatic nitrogens is 4. The molecule has 0 aliphatic rings. The molecule has 0 spiro atoms. The molecule has 6 heteroatoms. The van der Waals surface area contributed by atoms with Crippen LogP contribution in [0, 0.1) is 0 Å². The first kappa shape index (κ1) is 15.3. The van der Waals surface area contributed by atoms with Gasteiger partial charge in [0.1, 0.15) is 5.82 Å². The Morgan fingerprint density at radius 1 is 0.926 bits per heavy atom. The summed E-state index contributed by atoms with van der Waals surface area (Å²) in [6.07, 6.45) is 1.70. The van der Waals surface area contributed by atoms with E-state index in [1.165, 1.54) is 0 Å². The van der Waals surface area contributed by atoms with Gasteiger partial charge < -0.3 is 10.3 Å². The lowest BCUT2D eigenvalue weighted by Gasteiger charge is -2.10. The summed E-state index contributed by atoms with van der Waals surface area (Å²) >= 11 is 0. The number of carbonyl (C=O) groups is 1. The minimum absolute atomic E-state index is 0.201. The van der Waals surface area contributed by atoms with Crippen LogP contribution < -0.4 is 5.32 Å². The maximum Gasteiger partial charge on any atom is 0.257 e. The first-order chi connectivity index (χ1) is 13.3. The third-order valence-corrected chi connectivity index (χ3v) is 4.54. The molecule has 2 heterocycles. The van der Waals surface area contributed by atoms with Crippen molar-refractivity contribution < 1.29 is 4.79 Å². The maximum absolute atomic E-state index is 12.9. The van der Waals surface area contributed by atoms with Crippen molar-refractivity contribution in [3.63, 3.8) is 0 Å². The van der Waals surface area contributed by atoms with E-state index in [9.17, 15) is 4.79 Å². The van der Waals surface area contributed by atoms with Crippen molar-refractivity contribution in [1.82, 2.24) is 20.2 Å². The number of H-pyrrole nitrogens is 2. The van der Waals surface area contributed by atoms with Gasteiger partial charge in [-0.2, -0.15) is 5.10 Å². The molecule has 0 atom stereocenters. The highest BCUT2D eigenvalue weighted by Gasteiger charge is 2.15. The number of rotatable bonds is 3. The monoisotopic (exact) mass is 353 g/mol. The van der Waals surface area contributed by atoms with Gasteiger partial charge in [-0.05, 0) is 30.3 Å². The van der Waals surface area contributed by atoms with E-state index in [1.54, 1.807) is 12.3 Å². The molecule has 27 heavy (non-hydrogen) atoms. The second-order valence-corrected chi connectivity index (χ2v) is 6.24. The predicted octanol–water partition coefficient (Wildman–Crippen LogP) is 4.36. The molecule has 6 nitrogen and oxygen atoms in total. The lowest BCUT2D eigenvalue weighted by atomic mass is 10.1. The zero-order chi connectivity index (χ0) is 18.2. The van der Waals surface area contributed by atoms with Gasteiger partial charge in [0.25, 0.3) is 5.91 Å². The molecular formula is C21H15N5O. The highest BCUT2D eigenvalue weighted by Crippen LogP contribution is 2.28. The summed E-state index contributed by atoms with van der Waals surface area (Å²) in [4.78, 5) is 20.8. The number of fused-ring (bicyclic) bond motifs is 2. The Hall–Kier alpha value is -3.93. The number of imidazole rings is 1. The number of aromatic amines is 2. The third kappa shape index (κ3) is 2.64. The number of hydrogen-bond acceptors (Lipinski definition) is 3. The van der Waals surface area contributed by atoms with Crippen LogP contribution in [0.25, 0.3) is 33.3 Å². The number of para-hydroxylation sites is 4. The van der Waals surface area contributed by atoms with Crippen molar-refractivity contribution in [2.45, 2.75) is 0 Å². The zero-order valence-electron chi connectivity index (χ0n) is 14.2. The van der Waals surface area contributed by atoms with Crippen LogP contribution in [0.4, 0.5) is 5.69 Å². The topological polar surface area (TPSA) is 86.5 Å². The molecule has 5 aromatic rings. The molecule has 3 N–H and O–H groups in total. The molecule has 2 aromatic heterocycles. The predicted molar refractivity (Wildman–Crippen MR) is 106 cm³/mol. The summed E-state index contributed by atoms with van der Waals surface area (Å²) in [6.45, 7) is 0. The summed E-state index contributed by atoms with van der Waals surface area (Å²) in [5.74, 6) is 0.514. The summed E-state index contributed by atoms with van der Waals surface area (Å²) in [5.41, 5.74) is 4.63. The smallest absolute Gasteiger partial charge is 0.257 e. The van der Waals surface area contributed by atoms with E-state index in [2.05, 4.69) is 25.5 Å². The molecular weight excluding hydrogens is 338 g/mol. The van der Waals surface area contributed by atoms with Gasteiger partial charge in [0.05, 0.1) is 34.0 Å². The number of amides is 1. The molecule has 1 amide bonds. The van der Waals surface area contributed by atoms with E-state index in [-0.39, 0.29) is 5.91 Å². The summed E-state index contributed by atoms with van der Waals surface area (Å²) in [5, 5.41) is 10.8. The lowest BCUT2D eigenvalue weighted by Crippen LogP contribution is -2.13. The van der Waals surface area contributed by atoms with Crippen molar-refractivity contribution in [3.05, 3.63) is 78.5 Å². The van der Waals surface area contributed by atoms with Crippen molar-refractivity contribution >= 4 is 33.5 Å². The van der Waals surface area contributed by atoms with Crippen LogP contribution in [-0.4, -0.2) is 26.1 Å². The Bertz CT molecular complexity index is 1250. The van der Waals surface area contributed by atoms with Crippen LogP contribution in [0.3, 0.4) is 0 Å². The van der Waals surface area contributed by atoms with Crippen LogP contribution in [0.2, 0.25) is 0 Å². The van der Waals surface area contributed by atoms with Gasteiger partial charge in [-0.1, -0.05) is 36.4 Å². The SMILES string of the molecule is O=C(Nc1ccccc1-c1nc2ccccc2[nH]1)c1cccc2cn[nH]c12. The summed E-state index contributed by atoms with van der Waals surface area (Å²) in [7, 11) is 0. The van der Waals surface area contributed by atoms with Gasteiger partial charge in [-0.25, -0.2) is 4.98 Å². The van der Waals surface area contributed by atoms with Crippen molar-refractivity contribution in [2.75, 3.05) is 5.32 Å². The number of benzene rings is 3. The Balaban J connectivity index is 1.54. The van der Waals surface area contributed by atoms with Crippen molar-refractivity contribution in [2.24, 2.45) is 0 Å². The van der Waals surface area contributed by atoms with E-state index in [4.69, 9.17) is 0 Å². The van der Waals surface area contributed by atoms with Crippen LogP contribution in [0.1, 0.15) is 10.4 Å². The second kappa shape index (κ2) is 6.10. The van der Waals surface area contributed by atoms with E-state index in [0.717, 1.165) is 27.5 Å². The van der Waals surface area contributed by atoms with Crippen LogP contribution >= 0.6 is 0 Å². The average Bonchev–Trinajstić information content (AvgIpc) is 3.34. The summed E-state index contributed by atoms with van der Waals surface area (Å²) < 4.78 is 0. The van der Waals surface area contributed by atoms with Crippen molar-refractivity contribution in [3.8, 4) is 11.4 Å². The normalized spacial score (nSPS) is 11.1. The fourth-order valence-corrected chi connectivity index (χ4v) is 3.23. The quantitative estimate of drug-likeness (QED) is 0.450. The standard InChI is InChI=1S/C21H15N5O/c27-21(15-8-5-6-13-12-22-26-19(13)15)25-16-9-2-1-7-14(16)20-23-17-10-3-4-11-18(17)24-20/h1-12H,(H,22,26)(H,23,24)(H,25,27). The molecule has 0 aliphatic carbocycles. The second-order valence-electron chi connectivity index (χ2n) is 6.24. The van der Waals surface area contributed by atoms with Crippen LogP contribution in [0.5, 0.6) is 0 Å². The number of anilines is 1. The number of nitrogens with zero attached hydrogens (tertiary/aromatic N) is 2. The Morgan fingerprint density at radius 2 is 1.78 bits per heavy atom. The Kier molecular flexibility index (Phi) is 3.47. The van der Waals surface area contributed by atoms with E-state index in [1.807, 2.05) is 60.7 Å². The third-order valence-electron chi connectivity index (χ3n) is 4.54. The van der Waals surface area contributed by atoms with E-state index < -0.39 is 0 Å². The van der Waals surface area contributed by atoms with Crippen LogP contribution in [0.15, 0.2) is 72.9 Å². The van der Waals surface area contributed by atoms with E-state index in [0.29, 0.717) is 17.1 Å². The molecule has 0 radical (unpaired) electrons. The first-order valence-corrected chi connectivity index (χ1v) is 8.57. The Morgan fingerprint density at radius 3 is 2.70 bits per heavy atom. The number of hydrogen-bond donors (Lipinski definition) is 3. The molecule has 0 fully saturated rings. The molecule has 0 bridgehead atoms. The van der Waals surface area contributed by atoms with Gasteiger partial charge in [0.15, 0.2) is 0 Å². The lowest BCUT2D eigenvalue weighted by molar-refractivity contribution is 0.102. The van der Waals surface area contributed by atoms with Gasteiger partial charge in [-0.3, -0.25) is 9.89 Å². The molecule has 0 unspecified atom stereocenters. The molecule has 0 saturated carbocycles. The van der Waals surface area contributed by atoms with Crippen LogP contribution in [-0.2, 0) is 0 Å².